The number of carbonyl (C=O) groups is 2. The van der Waals surface area contributed by atoms with Gasteiger partial charge in [-0.2, -0.15) is 0 Å². The molecule has 0 saturated carbocycles. The molecule has 0 bridgehead atoms. The second-order valence-electron chi connectivity index (χ2n) is 5.78. The number of nitrogens with two attached hydrogens (primary N) is 1. The number of carbonyl (C=O) groups excluding carboxylic acids is 2. The number of halogens is 2. The molecule has 1 aromatic rings. The first-order valence-corrected chi connectivity index (χ1v) is 7.45. The lowest BCUT2D eigenvalue weighted by Gasteiger charge is -2.25. The van der Waals surface area contributed by atoms with Crippen LogP contribution in [0, 0.1) is 17.6 Å². The first-order valence-electron chi connectivity index (χ1n) is 7.45. The quantitative estimate of drug-likeness (QED) is 0.873. The lowest BCUT2D eigenvalue weighted by molar-refractivity contribution is -0.136. The fourth-order valence-electron chi connectivity index (χ4n) is 2.97. The van der Waals surface area contributed by atoms with Gasteiger partial charge in [-0.25, -0.2) is 8.78 Å². The molecule has 0 spiro atoms. The van der Waals surface area contributed by atoms with E-state index >= 15 is 0 Å². The van der Waals surface area contributed by atoms with E-state index in [9.17, 15) is 18.4 Å². The van der Waals surface area contributed by atoms with Crippen molar-refractivity contribution < 1.29 is 18.4 Å². The number of likely N-dealkylation sites (tertiary alicyclic amines) is 1. The van der Waals surface area contributed by atoms with Crippen molar-refractivity contribution in [2.75, 3.05) is 6.54 Å². The van der Waals surface area contributed by atoms with Crippen molar-refractivity contribution in [3.05, 3.63) is 35.4 Å². The third kappa shape index (κ3) is 3.61. The zero-order chi connectivity index (χ0) is 16.3. The Hall–Kier alpha value is -1.98. The molecule has 22 heavy (non-hydrogen) atoms. The van der Waals surface area contributed by atoms with Crippen molar-refractivity contribution in [1.82, 2.24) is 4.90 Å². The van der Waals surface area contributed by atoms with E-state index < -0.39 is 23.6 Å². The Balaban J connectivity index is 2.15. The van der Waals surface area contributed by atoms with Crippen LogP contribution >= 0.6 is 0 Å². The Labute approximate surface area is 128 Å². The van der Waals surface area contributed by atoms with Gasteiger partial charge in [0.15, 0.2) is 11.6 Å². The second-order valence-corrected chi connectivity index (χ2v) is 5.78. The molecule has 2 rings (SSSR count). The average Bonchev–Trinajstić information content (AvgIpc) is 2.80. The highest BCUT2D eigenvalue weighted by Crippen LogP contribution is 2.25. The molecular formula is C16H20F2N2O2. The molecular weight excluding hydrogens is 290 g/mol. The van der Waals surface area contributed by atoms with Gasteiger partial charge < -0.3 is 10.6 Å². The predicted molar refractivity (Wildman–Crippen MR) is 77.8 cm³/mol. The molecule has 2 N–H and O–H groups in total. The molecule has 2 amide bonds. The molecule has 4 nitrogen and oxygen atoms in total. The van der Waals surface area contributed by atoms with E-state index in [0.717, 1.165) is 25.0 Å². The summed E-state index contributed by atoms with van der Waals surface area (Å²) in [6.07, 6.45) is 2.39. The molecule has 1 saturated heterocycles. The van der Waals surface area contributed by atoms with Gasteiger partial charge in [0, 0.05) is 19.4 Å². The molecule has 2 atom stereocenters. The molecule has 1 aromatic carbocycles. The van der Waals surface area contributed by atoms with Crippen molar-refractivity contribution in [3.63, 3.8) is 0 Å². The van der Waals surface area contributed by atoms with Crippen molar-refractivity contribution >= 4 is 11.8 Å². The van der Waals surface area contributed by atoms with Crippen molar-refractivity contribution in [3.8, 4) is 0 Å². The van der Waals surface area contributed by atoms with Gasteiger partial charge in [-0.3, -0.25) is 9.59 Å². The summed E-state index contributed by atoms with van der Waals surface area (Å²) in [7, 11) is 0. The molecule has 0 radical (unpaired) electrons. The topological polar surface area (TPSA) is 63.4 Å². The SMILES string of the molecule is CCCC1CC(=O)N(C(Cc2ccc(F)c(F)c2)C(N)=O)C1. The summed E-state index contributed by atoms with van der Waals surface area (Å²) in [6, 6.07) is 2.63. The van der Waals surface area contributed by atoms with Crippen molar-refractivity contribution in [2.24, 2.45) is 11.7 Å². The lowest BCUT2D eigenvalue weighted by Crippen LogP contribution is -2.47. The first kappa shape index (κ1) is 16.4. The molecule has 1 aliphatic rings. The van der Waals surface area contributed by atoms with E-state index in [2.05, 4.69) is 0 Å². The Bertz CT molecular complexity index is 577. The van der Waals surface area contributed by atoms with Gasteiger partial charge in [-0.1, -0.05) is 19.4 Å². The highest BCUT2D eigenvalue weighted by atomic mass is 19.2. The smallest absolute Gasteiger partial charge is 0.240 e. The molecule has 2 unspecified atom stereocenters. The zero-order valence-electron chi connectivity index (χ0n) is 12.5. The van der Waals surface area contributed by atoms with Gasteiger partial charge in [-0.15, -0.1) is 0 Å². The number of benzene rings is 1. The number of amides is 2. The van der Waals surface area contributed by atoms with Crippen molar-refractivity contribution in [2.45, 2.75) is 38.6 Å². The fraction of sp³-hybridized carbons (Fsp3) is 0.500. The van der Waals surface area contributed by atoms with E-state index in [4.69, 9.17) is 5.73 Å². The molecule has 1 aliphatic heterocycles. The molecule has 0 aromatic heterocycles. The summed E-state index contributed by atoms with van der Waals surface area (Å²) in [4.78, 5) is 25.3. The minimum atomic E-state index is -0.975. The van der Waals surface area contributed by atoms with E-state index in [1.165, 1.54) is 11.0 Å². The number of nitrogens with zero attached hydrogens (tertiary/aromatic N) is 1. The maximum Gasteiger partial charge on any atom is 0.240 e. The molecule has 1 heterocycles. The summed E-state index contributed by atoms with van der Waals surface area (Å²) in [6.45, 7) is 2.53. The largest absolute Gasteiger partial charge is 0.368 e. The lowest BCUT2D eigenvalue weighted by atomic mass is 10.0. The Morgan fingerprint density at radius 2 is 2.14 bits per heavy atom. The maximum absolute atomic E-state index is 13.3. The van der Waals surface area contributed by atoms with E-state index in [-0.39, 0.29) is 18.2 Å². The molecule has 6 heteroatoms. The zero-order valence-corrected chi connectivity index (χ0v) is 12.5. The Kier molecular flexibility index (Phi) is 5.11. The van der Waals surface area contributed by atoms with Crippen LogP contribution in [-0.2, 0) is 16.0 Å². The summed E-state index contributed by atoms with van der Waals surface area (Å²) in [5, 5.41) is 0. The second kappa shape index (κ2) is 6.85. The summed E-state index contributed by atoms with van der Waals surface area (Å²) >= 11 is 0. The van der Waals surface area contributed by atoms with Gasteiger partial charge in [0.25, 0.3) is 0 Å². The van der Waals surface area contributed by atoms with Crippen LogP contribution in [0.5, 0.6) is 0 Å². The van der Waals surface area contributed by atoms with Gasteiger partial charge in [0.05, 0.1) is 0 Å². The highest BCUT2D eigenvalue weighted by Gasteiger charge is 2.36. The van der Waals surface area contributed by atoms with Gasteiger partial charge in [0.2, 0.25) is 11.8 Å². The molecule has 120 valence electrons. The van der Waals surface area contributed by atoms with Crippen molar-refractivity contribution in [1.29, 1.82) is 0 Å². The average molecular weight is 310 g/mol. The fourth-order valence-corrected chi connectivity index (χ4v) is 2.97. The Morgan fingerprint density at radius 1 is 1.41 bits per heavy atom. The Morgan fingerprint density at radius 3 is 2.73 bits per heavy atom. The number of hydrogen-bond acceptors (Lipinski definition) is 2. The summed E-state index contributed by atoms with van der Waals surface area (Å²) in [5.41, 5.74) is 5.85. The molecule has 1 fully saturated rings. The number of primary amides is 1. The number of rotatable bonds is 6. The van der Waals surface area contributed by atoms with Crippen LogP contribution in [0.1, 0.15) is 31.7 Å². The minimum absolute atomic E-state index is 0.0944. The standard InChI is InChI=1S/C16H20F2N2O2/c1-2-3-11-8-15(21)20(9-11)14(16(19)22)7-10-4-5-12(17)13(18)6-10/h4-6,11,14H,2-3,7-9H2,1H3,(H2,19,22). The highest BCUT2D eigenvalue weighted by molar-refractivity contribution is 5.88. The van der Waals surface area contributed by atoms with Crippen LogP contribution in [-0.4, -0.2) is 29.3 Å². The van der Waals surface area contributed by atoms with Crippen LogP contribution in [0.25, 0.3) is 0 Å². The predicted octanol–water partition coefficient (Wildman–Crippen LogP) is 2.01. The molecule has 0 aliphatic carbocycles. The van der Waals surface area contributed by atoms with E-state index in [1.807, 2.05) is 6.92 Å². The van der Waals surface area contributed by atoms with Gasteiger partial charge >= 0.3 is 0 Å². The van der Waals surface area contributed by atoms with E-state index in [1.54, 1.807) is 0 Å². The van der Waals surface area contributed by atoms with Gasteiger partial charge in [0.1, 0.15) is 6.04 Å². The van der Waals surface area contributed by atoms with Crippen LogP contribution in [0.15, 0.2) is 18.2 Å². The van der Waals surface area contributed by atoms with Gasteiger partial charge in [-0.05, 0) is 30.0 Å². The van der Waals surface area contributed by atoms with Crippen LogP contribution in [0.3, 0.4) is 0 Å². The third-order valence-electron chi connectivity index (χ3n) is 4.05. The summed E-state index contributed by atoms with van der Waals surface area (Å²) < 4.78 is 26.2. The number of hydrogen-bond donors (Lipinski definition) is 1. The van der Waals surface area contributed by atoms with Crippen LogP contribution < -0.4 is 5.73 Å². The first-order chi connectivity index (χ1) is 10.4. The third-order valence-corrected chi connectivity index (χ3v) is 4.05. The normalized spacial score (nSPS) is 19.5. The monoisotopic (exact) mass is 310 g/mol. The van der Waals surface area contributed by atoms with Crippen LogP contribution in [0.2, 0.25) is 0 Å². The summed E-state index contributed by atoms with van der Waals surface area (Å²) in [5.74, 6) is -2.43. The van der Waals surface area contributed by atoms with Crippen LogP contribution in [0.4, 0.5) is 8.78 Å². The minimum Gasteiger partial charge on any atom is -0.368 e. The maximum atomic E-state index is 13.3. The van der Waals surface area contributed by atoms with E-state index in [0.29, 0.717) is 18.5 Å².